The first-order chi connectivity index (χ1) is 20.9. The molecule has 252 valence electrons. The normalized spacial score (nSPS) is 18.8. The van der Waals surface area contributed by atoms with Gasteiger partial charge in [-0.1, -0.05) is 38.1 Å². The lowest BCUT2D eigenvalue weighted by atomic mass is 9.76. The molecule has 0 unspecified atom stereocenters. The van der Waals surface area contributed by atoms with E-state index in [4.69, 9.17) is 4.74 Å². The molecule has 0 saturated heterocycles. The van der Waals surface area contributed by atoms with Crippen LogP contribution in [0.15, 0.2) is 53.4 Å². The SMILES string of the molecule is Cc1cccc(C)c1-c1cc(OC[C@@H](CC(C)C)NC2CC(C)(OC(F)(F)F)C2)nc(NS(=O)(=O)c2cccc(C(=O)O)c2)n1.Cl. The molecule has 0 bridgehead atoms. The van der Waals surface area contributed by atoms with Crippen LogP contribution in [0.4, 0.5) is 19.1 Å². The van der Waals surface area contributed by atoms with E-state index in [0.717, 1.165) is 22.8 Å². The minimum atomic E-state index is -4.71. The number of benzene rings is 2. The molecule has 10 nitrogen and oxygen atoms in total. The molecule has 0 spiro atoms. The van der Waals surface area contributed by atoms with Gasteiger partial charge in [-0.25, -0.2) is 22.9 Å². The number of halogens is 4. The highest BCUT2D eigenvalue weighted by Gasteiger charge is 2.49. The smallest absolute Gasteiger partial charge is 0.478 e. The van der Waals surface area contributed by atoms with Crippen molar-refractivity contribution in [3.05, 3.63) is 65.2 Å². The van der Waals surface area contributed by atoms with Crippen molar-refractivity contribution in [2.45, 2.75) is 82.8 Å². The molecule has 1 saturated carbocycles. The predicted octanol–water partition coefficient (Wildman–Crippen LogP) is 6.52. The van der Waals surface area contributed by atoms with Gasteiger partial charge >= 0.3 is 12.3 Å². The van der Waals surface area contributed by atoms with Crippen LogP contribution in [0.25, 0.3) is 11.3 Å². The summed E-state index contributed by atoms with van der Waals surface area (Å²) in [6.45, 7) is 9.35. The summed E-state index contributed by atoms with van der Waals surface area (Å²) in [6.07, 6.45) is -3.69. The number of nitrogens with one attached hydrogen (secondary N) is 2. The number of hydrogen-bond acceptors (Lipinski definition) is 8. The average Bonchev–Trinajstić information content (AvgIpc) is 2.89. The Hall–Kier alpha value is -3.46. The molecule has 3 aromatic rings. The number of aromatic nitrogens is 2. The zero-order valence-electron chi connectivity index (χ0n) is 26.0. The van der Waals surface area contributed by atoms with Crippen molar-refractivity contribution < 1.29 is 41.0 Å². The van der Waals surface area contributed by atoms with Crippen LogP contribution in [0.5, 0.6) is 5.88 Å². The number of rotatable bonds is 13. The lowest BCUT2D eigenvalue weighted by Crippen LogP contribution is -2.58. The Balaban J connectivity index is 0.00000576. The second kappa shape index (κ2) is 14.5. The third kappa shape index (κ3) is 9.77. The first-order valence-electron chi connectivity index (χ1n) is 14.4. The number of ether oxygens (including phenoxy) is 2. The summed E-state index contributed by atoms with van der Waals surface area (Å²) in [5.74, 6) is -1.24. The van der Waals surface area contributed by atoms with Gasteiger partial charge in [-0.3, -0.25) is 4.74 Å². The van der Waals surface area contributed by atoms with Crippen LogP contribution in [-0.2, 0) is 14.8 Å². The molecule has 2 aromatic carbocycles. The molecular weight excluding hydrogens is 649 g/mol. The molecule has 1 aromatic heterocycles. The van der Waals surface area contributed by atoms with E-state index in [9.17, 15) is 31.5 Å². The molecule has 46 heavy (non-hydrogen) atoms. The van der Waals surface area contributed by atoms with Crippen LogP contribution in [0.3, 0.4) is 0 Å². The largest absolute Gasteiger partial charge is 0.523 e. The number of sulfonamides is 1. The lowest BCUT2D eigenvalue weighted by Gasteiger charge is -2.46. The van der Waals surface area contributed by atoms with Crippen LogP contribution in [0.2, 0.25) is 0 Å². The number of carbonyl (C=O) groups is 1. The summed E-state index contributed by atoms with van der Waals surface area (Å²) in [7, 11) is -4.29. The molecule has 0 radical (unpaired) electrons. The maximum Gasteiger partial charge on any atom is 0.523 e. The first kappa shape index (κ1) is 37.0. The van der Waals surface area contributed by atoms with E-state index in [1.165, 1.54) is 25.1 Å². The third-order valence-electron chi connectivity index (χ3n) is 7.44. The monoisotopic (exact) mass is 686 g/mol. The van der Waals surface area contributed by atoms with E-state index in [1.54, 1.807) is 6.07 Å². The Morgan fingerprint density at radius 3 is 2.30 bits per heavy atom. The van der Waals surface area contributed by atoms with Gasteiger partial charge in [-0.2, -0.15) is 4.98 Å². The fraction of sp³-hybridized carbons (Fsp3) is 0.452. The zero-order valence-corrected chi connectivity index (χ0v) is 27.6. The van der Waals surface area contributed by atoms with Crippen LogP contribution in [0.1, 0.15) is 61.5 Å². The first-order valence-corrected chi connectivity index (χ1v) is 15.9. The number of carboxylic acids is 1. The van der Waals surface area contributed by atoms with E-state index in [1.807, 2.05) is 45.9 Å². The summed E-state index contributed by atoms with van der Waals surface area (Å²) in [5, 5.41) is 12.7. The molecule has 1 aliphatic rings. The fourth-order valence-electron chi connectivity index (χ4n) is 5.60. The van der Waals surface area contributed by atoms with Crippen molar-refractivity contribution >= 4 is 34.3 Å². The maximum atomic E-state index is 13.2. The van der Waals surface area contributed by atoms with Gasteiger partial charge in [0.2, 0.25) is 11.8 Å². The molecule has 0 amide bonds. The maximum absolute atomic E-state index is 13.2. The molecular formula is C31H38ClF3N4O6S. The fourth-order valence-corrected chi connectivity index (χ4v) is 6.59. The Bertz CT molecular complexity index is 1630. The van der Waals surface area contributed by atoms with Gasteiger partial charge in [0.25, 0.3) is 10.0 Å². The third-order valence-corrected chi connectivity index (χ3v) is 8.76. The van der Waals surface area contributed by atoms with Crippen molar-refractivity contribution in [1.82, 2.24) is 15.3 Å². The Morgan fingerprint density at radius 2 is 1.72 bits per heavy atom. The Kier molecular flexibility index (Phi) is 11.7. The second-order valence-corrected chi connectivity index (χ2v) is 13.7. The molecule has 1 aliphatic carbocycles. The highest BCUT2D eigenvalue weighted by atomic mass is 35.5. The predicted molar refractivity (Wildman–Crippen MR) is 169 cm³/mol. The average molecular weight is 687 g/mol. The molecule has 3 N–H and O–H groups in total. The van der Waals surface area contributed by atoms with Gasteiger partial charge in [-0.05, 0) is 75.3 Å². The number of carboxylic acid groups (broad SMARTS) is 1. The van der Waals surface area contributed by atoms with E-state index in [0.29, 0.717) is 12.1 Å². The number of nitrogens with zero attached hydrogens (tertiary/aromatic N) is 2. The van der Waals surface area contributed by atoms with E-state index in [2.05, 4.69) is 24.7 Å². The lowest BCUT2D eigenvalue weighted by molar-refractivity contribution is -0.377. The van der Waals surface area contributed by atoms with Crippen molar-refractivity contribution in [2.24, 2.45) is 5.92 Å². The molecule has 1 heterocycles. The topological polar surface area (TPSA) is 140 Å². The van der Waals surface area contributed by atoms with Gasteiger partial charge < -0.3 is 15.2 Å². The Morgan fingerprint density at radius 1 is 1.09 bits per heavy atom. The second-order valence-electron chi connectivity index (χ2n) is 12.0. The van der Waals surface area contributed by atoms with Crippen molar-refractivity contribution in [3.8, 4) is 17.1 Å². The van der Waals surface area contributed by atoms with E-state index in [-0.39, 0.29) is 72.1 Å². The van der Waals surface area contributed by atoms with Gasteiger partial charge in [0.15, 0.2) is 0 Å². The van der Waals surface area contributed by atoms with Crippen LogP contribution in [0, 0.1) is 19.8 Å². The van der Waals surface area contributed by atoms with Crippen molar-refractivity contribution in [3.63, 3.8) is 0 Å². The van der Waals surface area contributed by atoms with Crippen molar-refractivity contribution in [1.29, 1.82) is 0 Å². The molecule has 15 heteroatoms. The van der Waals surface area contributed by atoms with Gasteiger partial charge in [-0.15, -0.1) is 25.6 Å². The summed E-state index contributed by atoms with van der Waals surface area (Å²) in [5.41, 5.74) is 1.44. The molecule has 1 fully saturated rings. The van der Waals surface area contributed by atoms with Gasteiger partial charge in [0.1, 0.15) is 6.61 Å². The zero-order chi connectivity index (χ0) is 33.2. The standard InChI is InChI=1S/C31H37F3N4O6S.ClH/c1-18(2)12-22(35-23-15-30(5,16-23)44-31(32,33)34)17-43-26-14-25(27-19(3)8-6-9-20(27)4)36-29(37-26)38-45(41,42)24-11-7-10-21(13-24)28(39)40;/h6-11,13-14,18,22-23,35H,12,15-17H2,1-5H3,(H,39,40)(H,36,37,38);1H/t22-,23?,30?;/m1./s1. The van der Waals surface area contributed by atoms with Crippen LogP contribution in [-0.4, -0.2) is 60.1 Å². The summed E-state index contributed by atoms with van der Waals surface area (Å²) < 4.78 is 77.6. The minimum Gasteiger partial charge on any atom is -0.478 e. The summed E-state index contributed by atoms with van der Waals surface area (Å²) >= 11 is 0. The number of aryl methyl sites for hydroxylation is 2. The molecule has 4 rings (SSSR count). The van der Waals surface area contributed by atoms with E-state index < -0.39 is 28.0 Å². The minimum absolute atomic E-state index is 0. The summed E-state index contributed by atoms with van der Waals surface area (Å²) in [4.78, 5) is 19.9. The summed E-state index contributed by atoms with van der Waals surface area (Å²) in [6, 6.07) is 11.7. The number of hydrogen-bond donors (Lipinski definition) is 3. The Labute approximate surface area is 272 Å². The highest BCUT2D eigenvalue weighted by molar-refractivity contribution is 7.92. The highest BCUT2D eigenvalue weighted by Crippen LogP contribution is 2.40. The van der Waals surface area contributed by atoms with Gasteiger partial charge in [0, 0.05) is 23.7 Å². The van der Waals surface area contributed by atoms with Crippen LogP contribution >= 0.6 is 12.4 Å². The van der Waals surface area contributed by atoms with Gasteiger partial charge in [0.05, 0.1) is 21.8 Å². The quantitative estimate of drug-likeness (QED) is 0.183. The number of alkyl halides is 3. The number of anilines is 1. The van der Waals surface area contributed by atoms with Crippen molar-refractivity contribution in [2.75, 3.05) is 11.3 Å². The molecule has 1 atom stereocenters. The number of aromatic carboxylic acids is 1. The van der Waals surface area contributed by atoms with E-state index >= 15 is 0 Å². The van der Waals surface area contributed by atoms with Crippen LogP contribution < -0.4 is 14.8 Å². The molecule has 0 aliphatic heterocycles.